The minimum Gasteiger partial charge on any atom is -0.313 e. The van der Waals surface area contributed by atoms with Crippen LogP contribution in [-0.4, -0.2) is 24.3 Å². The summed E-state index contributed by atoms with van der Waals surface area (Å²) in [4.78, 5) is 15.6. The van der Waals surface area contributed by atoms with Gasteiger partial charge in [0.2, 0.25) is 0 Å². The summed E-state index contributed by atoms with van der Waals surface area (Å²) in [5, 5.41) is 8.51. The number of hydrogen-bond acceptors (Lipinski definition) is 4. The van der Waals surface area contributed by atoms with Crippen molar-refractivity contribution in [2.24, 2.45) is 0 Å². The van der Waals surface area contributed by atoms with Crippen LogP contribution in [-0.2, 0) is 19.5 Å². The molecule has 0 aliphatic carbocycles. The van der Waals surface area contributed by atoms with Crippen LogP contribution in [0.1, 0.15) is 24.5 Å². The molecule has 0 saturated carbocycles. The van der Waals surface area contributed by atoms with E-state index >= 15 is 0 Å². The third kappa shape index (κ3) is 2.03. The smallest absolute Gasteiger partial charge is 0.255 e. The Labute approximate surface area is 108 Å². The van der Waals surface area contributed by atoms with E-state index in [1.807, 2.05) is 0 Å². The highest BCUT2D eigenvalue weighted by atomic mass is 35.5. The number of rotatable bonds is 2. The quantitative estimate of drug-likeness (QED) is 0.756. The van der Waals surface area contributed by atoms with Crippen LogP contribution in [0.25, 0.3) is 0 Å². The zero-order valence-corrected chi connectivity index (χ0v) is 10.5. The lowest BCUT2D eigenvalue weighted by Crippen LogP contribution is -2.23. The second-order valence-electron chi connectivity index (χ2n) is 4.32. The van der Waals surface area contributed by atoms with Crippen LogP contribution in [0.2, 0.25) is 5.15 Å². The zero-order chi connectivity index (χ0) is 12.5. The van der Waals surface area contributed by atoms with Crippen molar-refractivity contribution in [3.63, 3.8) is 0 Å². The topological polar surface area (TPSA) is 65.6 Å². The van der Waals surface area contributed by atoms with Gasteiger partial charge in [0, 0.05) is 19.0 Å². The minimum atomic E-state index is -0.178. The summed E-state index contributed by atoms with van der Waals surface area (Å²) in [5.41, 5.74) is -0.178. The van der Waals surface area contributed by atoms with Gasteiger partial charge in [-0.15, -0.1) is 10.2 Å². The van der Waals surface area contributed by atoms with Crippen LogP contribution in [0.15, 0.2) is 17.2 Å². The molecule has 18 heavy (non-hydrogen) atoms. The largest absolute Gasteiger partial charge is 0.313 e. The van der Waals surface area contributed by atoms with Crippen molar-refractivity contribution in [3.05, 3.63) is 39.5 Å². The molecular formula is C11H12ClN5O. The minimum absolute atomic E-state index is 0.178. The van der Waals surface area contributed by atoms with Crippen LogP contribution in [0.5, 0.6) is 0 Å². The molecule has 0 unspecified atom stereocenters. The summed E-state index contributed by atoms with van der Waals surface area (Å²) in [6.45, 7) is 1.31. The van der Waals surface area contributed by atoms with E-state index in [0.717, 1.165) is 37.5 Å². The number of halogens is 1. The maximum absolute atomic E-state index is 11.7. The number of aromatic nitrogens is 5. The average Bonchev–Trinajstić information content (AvgIpc) is 2.76. The molecule has 7 heteroatoms. The highest BCUT2D eigenvalue weighted by Crippen LogP contribution is 2.14. The van der Waals surface area contributed by atoms with Gasteiger partial charge in [-0.1, -0.05) is 11.6 Å². The molecule has 1 aliphatic rings. The summed E-state index contributed by atoms with van der Waals surface area (Å²) in [6.07, 6.45) is 4.68. The molecule has 94 valence electrons. The predicted octanol–water partition coefficient (Wildman–Crippen LogP) is 0.873. The van der Waals surface area contributed by atoms with Crippen molar-refractivity contribution in [1.29, 1.82) is 0 Å². The first-order valence-electron chi connectivity index (χ1n) is 5.87. The van der Waals surface area contributed by atoms with Crippen molar-refractivity contribution >= 4 is 11.6 Å². The van der Waals surface area contributed by atoms with Gasteiger partial charge in [0.1, 0.15) is 11.0 Å². The molecule has 0 radical (unpaired) electrons. The van der Waals surface area contributed by atoms with E-state index in [0.29, 0.717) is 6.54 Å². The molecule has 2 aromatic heterocycles. The Morgan fingerprint density at radius 3 is 3.06 bits per heavy atom. The lowest BCUT2D eigenvalue weighted by Gasteiger charge is -2.14. The Balaban J connectivity index is 1.93. The first-order valence-corrected chi connectivity index (χ1v) is 6.25. The second kappa shape index (κ2) is 4.53. The van der Waals surface area contributed by atoms with Crippen LogP contribution < -0.4 is 5.56 Å². The van der Waals surface area contributed by atoms with Gasteiger partial charge in [-0.25, -0.2) is 4.98 Å². The number of nitrogens with zero attached hydrogens (tertiary/aromatic N) is 5. The van der Waals surface area contributed by atoms with Gasteiger partial charge in [-0.05, 0) is 12.8 Å². The highest BCUT2D eigenvalue weighted by molar-refractivity contribution is 6.29. The number of fused-ring (bicyclic) bond motifs is 1. The van der Waals surface area contributed by atoms with Crippen molar-refractivity contribution in [1.82, 2.24) is 24.3 Å². The van der Waals surface area contributed by atoms with Gasteiger partial charge in [0.25, 0.3) is 5.56 Å². The van der Waals surface area contributed by atoms with Crippen molar-refractivity contribution in [3.8, 4) is 0 Å². The summed E-state index contributed by atoms with van der Waals surface area (Å²) in [5.74, 6) is 1.81. The summed E-state index contributed by atoms with van der Waals surface area (Å²) < 4.78 is 3.57. The van der Waals surface area contributed by atoms with E-state index in [1.54, 1.807) is 0 Å². The van der Waals surface area contributed by atoms with E-state index in [1.165, 1.54) is 17.0 Å². The summed E-state index contributed by atoms with van der Waals surface area (Å²) in [7, 11) is 0. The number of aryl methyl sites for hydroxylation is 1. The van der Waals surface area contributed by atoms with Gasteiger partial charge in [-0.2, -0.15) is 0 Å². The third-order valence-electron chi connectivity index (χ3n) is 3.09. The molecule has 0 amide bonds. The van der Waals surface area contributed by atoms with Gasteiger partial charge >= 0.3 is 0 Å². The fraction of sp³-hybridized carbons (Fsp3) is 0.455. The van der Waals surface area contributed by atoms with Gasteiger partial charge in [0.15, 0.2) is 5.82 Å². The Bertz CT molecular complexity index is 633. The second-order valence-corrected chi connectivity index (χ2v) is 4.71. The molecule has 0 N–H and O–H groups in total. The molecular weight excluding hydrogens is 254 g/mol. The van der Waals surface area contributed by atoms with E-state index in [9.17, 15) is 4.79 Å². The van der Waals surface area contributed by atoms with Crippen LogP contribution in [0.3, 0.4) is 0 Å². The lowest BCUT2D eigenvalue weighted by molar-refractivity contribution is 0.499. The Morgan fingerprint density at radius 2 is 2.22 bits per heavy atom. The van der Waals surface area contributed by atoms with Crippen molar-refractivity contribution < 1.29 is 0 Å². The molecule has 1 aliphatic heterocycles. The Hall–Kier alpha value is -1.69. The Morgan fingerprint density at radius 1 is 1.33 bits per heavy atom. The molecule has 0 spiro atoms. The molecule has 0 saturated heterocycles. The average molecular weight is 266 g/mol. The first kappa shape index (κ1) is 11.4. The molecule has 2 aromatic rings. The fourth-order valence-electron chi connectivity index (χ4n) is 2.16. The van der Waals surface area contributed by atoms with Gasteiger partial charge in [0.05, 0.1) is 12.9 Å². The molecule has 0 aromatic carbocycles. The van der Waals surface area contributed by atoms with E-state index < -0.39 is 0 Å². The standard InChI is InChI=1S/C11H12ClN5O/c12-8-5-11(18)16(7-13-8)6-10-15-14-9-3-1-2-4-17(9)10/h5,7H,1-4,6H2. The first-order chi connectivity index (χ1) is 8.74. The summed E-state index contributed by atoms with van der Waals surface area (Å²) >= 11 is 5.66. The summed E-state index contributed by atoms with van der Waals surface area (Å²) in [6, 6.07) is 1.30. The van der Waals surface area contributed by atoms with Crippen LogP contribution in [0, 0.1) is 0 Å². The predicted molar refractivity (Wildman–Crippen MR) is 65.6 cm³/mol. The van der Waals surface area contributed by atoms with Crippen LogP contribution in [0.4, 0.5) is 0 Å². The fourth-order valence-corrected chi connectivity index (χ4v) is 2.30. The van der Waals surface area contributed by atoms with Crippen molar-refractivity contribution in [2.75, 3.05) is 0 Å². The molecule has 3 rings (SSSR count). The normalized spacial score (nSPS) is 14.5. The van der Waals surface area contributed by atoms with E-state index in [-0.39, 0.29) is 10.7 Å². The van der Waals surface area contributed by atoms with Crippen LogP contribution >= 0.6 is 11.6 Å². The monoisotopic (exact) mass is 265 g/mol. The molecule has 0 atom stereocenters. The number of hydrogen-bond donors (Lipinski definition) is 0. The SMILES string of the molecule is O=c1cc(Cl)ncn1Cc1nnc2n1CCCC2. The molecule has 0 fully saturated rings. The van der Waals surface area contributed by atoms with Crippen molar-refractivity contribution in [2.45, 2.75) is 32.4 Å². The lowest BCUT2D eigenvalue weighted by atomic mass is 10.2. The highest BCUT2D eigenvalue weighted by Gasteiger charge is 2.16. The van der Waals surface area contributed by atoms with E-state index in [4.69, 9.17) is 11.6 Å². The van der Waals surface area contributed by atoms with E-state index in [2.05, 4.69) is 19.7 Å². The maximum atomic E-state index is 11.7. The van der Waals surface area contributed by atoms with Gasteiger partial charge < -0.3 is 4.57 Å². The zero-order valence-electron chi connectivity index (χ0n) is 9.71. The maximum Gasteiger partial charge on any atom is 0.255 e. The van der Waals surface area contributed by atoms with Gasteiger partial charge in [-0.3, -0.25) is 9.36 Å². The molecule has 0 bridgehead atoms. The Kier molecular flexibility index (Phi) is 2.87. The molecule has 6 nitrogen and oxygen atoms in total. The third-order valence-corrected chi connectivity index (χ3v) is 3.30. The molecule has 3 heterocycles.